The highest BCUT2D eigenvalue weighted by Crippen LogP contribution is 2.47. The molecule has 1 atom stereocenters. The predicted octanol–water partition coefficient (Wildman–Crippen LogP) is 2.81. The maximum absolute atomic E-state index is 13.0. The molecule has 1 N–H and O–H groups in total. The molecule has 0 amide bonds. The van der Waals surface area contributed by atoms with Crippen LogP contribution in [0.15, 0.2) is 22.4 Å². The van der Waals surface area contributed by atoms with Crippen LogP contribution in [0.25, 0.3) is 0 Å². The van der Waals surface area contributed by atoms with Gasteiger partial charge in [0.25, 0.3) is 0 Å². The van der Waals surface area contributed by atoms with Gasteiger partial charge in [-0.05, 0) is 32.1 Å². The molecule has 4 aliphatic heterocycles. The molecule has 0 aliphatic carbocycles. The van der Waals surface area contributed by atoms with E-state index >= 15 is 0 Å². The highest BCUT2D eigenvalue weighted by atomic mass is 32.2. The second-order valence-electron chi connectivity index (χ2n) is 9.61. The Kier molecular flexibility index (Phi) is 5.32. The third kappa shape index (κ3) is 3.69. The van der Waals surface area contributed by atoms with Crippen molar-refractivity contribution in [1.82, 2.24) is 14.5 Å². The first-order valence-electron chi connectivity index (χ1n) is 10.4. The molecule has 1 spiro atoms. The number of nitrogens with zero attached hydrogens (tertiary/aromatic N) is 2. The van der Waals surface area contributed by atoms with Crippen LogP contribution in [0.5, 0.6) is 0 Å². The zero-order chi connectivity index (χ0) is 21.9. The maximum Gasteiger partial charge on any atom is 0.430 e. The Bertz CT molecular complexity index is 861. The highest BCUT2D eigenvalue weighted by Gasteiger charge is 2.57. The van der Waals surface area contributed by atoms with Crippen LogP contribution < -0.4 is 5.32 Å². The smallest absolute Gasteiger partial charge is 0.381 e. The summed E-state index contributed by atoms with van der Waals surface area (Å²) < 4.78 is 71.4. The highest BCUT2D eigenvalue weighted by molar-refractivity contribution is 7.93. The quantitative estimate of drug-likeness (QED) is 0.715. The minimum atomic E-state index is -4.51. The van der Waals surface area contributed by atoms with Crippen molar-refractivity contribution in [3.05, 3.63) is 22.4 Å². The molecule has 4 aliphatic rings. The van der Waals surface area contributed by atoms with E-state index in [4.69, 9.17) is 4.74 Å². The van der Waals surface area contributed by atoms with Crippen LogP contribution in [0.1, 0.15) is 40.0 Å². The summed E-state index contributed by atoms with van der Waals surface area (Å²) in [5, 5.41) is 2.22. The van der Waals surface area contributed by atoms with Crippen molar-refractivity contribution in [3.63, 3.8) is 0 Å². The standard InChI is InChI=1S/C20H30F3N3O3S/c1-14-16(4-5-17(24-14)20(21,22)23)30(27,28)26-12-19(13-26)10-25(11-19)15(2)18(3)6-8-29-9-7-18/h5,15,24H,4,6-13H2,1-3H3/t15-/m0/s1. The lowest BCUT2D eigenvalue weighted by atomic mass is 9.69. The Hall–Kier alpha value is -1.10. The molecule has 0 aromatic heterocycles. The molecule has 10 heteroatoms. The predicted molar refractivity (Wildman–Crippen MR) is 107 cm³/mol. The van der Waals surface area contributed by atoms with E-state index in [0.29, 0.717) is 19.1 Å². The summed E-state index contributed by atoms with van der Waals surface area (Å²) in [5.41, 5.74) is -0.647. The fourth-order valence-electron chi connectivity index (χ4n) is 5.17. The fraction of sp³-hybridized carbons (Fsp3) is 0.800. The van der Waals surface area contributed by atoms with Gasteiger partial charge in [-0.2, -0.15) is 17.5 Å². The van der Waals surface area contributed by atoms with Gasteiger partial charge in [-0.1, -0.05) is 13.0 Å². The number of hydrogen-bond donors (Lipinski definition) is 1. The Morgan fingerprint density at radius 1 is 1.17 bits per heavy atom. The molecular formula is C20H30F3N3O3S. The van der Waals surface area contributed by atoms with E-state index in [1.165, 1.54) is 11.2 Å². The number of nitrogens with one attached hydrogen (secondary N) is 1. The summed E-state index contributed by atoms with van der Waals surface area (Å²) in [7, 11) is -3.76. The average molecular weight is 450 g/mol. The zero-order valence-electron chi connectivity index (χ0n) is 17.7. The van der Waals surface area contributed by atoms with E-state index < -0.39 is 21.9 Å². The van der Waals surface area contributed by atoms with Crippen molar-refractivity contribution in [2.24, 2.45) is 10.8 Å². The summed E-state index contributed by atoms with van der Waals surface area (Å²) >= 11 is 0. The van der Waals surface area contributed by atoms with Gasteiger partial charge in [-0.25, -0.2) is 8.42 Å². The van der Waals surface area contributed by atoms with Gasteiger partial charge in [0.1, 0.15) is 5.70 Å². The van der Waals surface area contributed by atoms with Gasteiger partial charge < -0.3 is 10.1 Å². The monoisotopic (exact) mass is 449 g/mol. The van der Waals surface area contributed by atoms with Crippen LogP contribution in [0, 0.1) is 10.8 Å². The van der Waals surface area contributed by atoms with E-state index in [1.807, 2.05) is 0 Å². The van der Waals surface area contributed by atoms with E-state index in [1.54, 1.807) is 0 Å². The van der Waals surface area contributed by atoms with E-state index in [0.717, 1.165) is 45.2 Å². The first-order valence-corrected chi connectivity index (χ1v) is 11.9. The van der Waals surface area contributed by atoms with Crippen molar-refractivity contribution < 1.29 is 26.3 Å². The molecule has 170 valence electrons. The minimum Gasteiger partial charge on any atom is -0.381 e. The molecular weight excluding hydrogens is 419 g/mol. The molecule has 4 rings (SSSR count). The van der Waals surface area contributed by atoms with Gasteiger partial charge in [-0.15, -0.1) is 0 Å². The van der Waals surface area contributed by atoms with Crippen molar-refractivity contribution in [3.8, 4) is 0 Å². The summed E-state index contributed by atoms with van der Waals surface area (Å²) in [4.78, 5) is 2.46. The molecule has 0 saturated carbocycles. The lowest BCUT2D eigenvalue weighted by Gasteiger charge is -2.63. The Labute approximate surface area is 176 Å². The van der Waals surface area contributed by atoms with Gasteiger partial charge in [0.05, 0.1) is 4.91 Å². The van der Waals surface area contributed by atoms with Crippen molar-refractivity contribution >= 4 is 10.0 Å². The van der Waals surface area contributed by atoms with Gasteiger partial charge in [-0.3, -0.25) is 4.90 Å². The molecule has 0 unspecified atom stereocenters. The second kappa shape index (κ2) is 7.21. The topological polar surface area (TPSA) is 61.9 Å². The Morgan fingerprint density at radius 3 is 2.30 bits per heavy atom. The van der Waals surface area contributed by atoms with Crippen LogP contribution in [0.2, 0.25) is 0 Å². The molecule has 0 aromatic rings. The third-order valence-electron chi connectivity index (χ3n) is 7.48. The number of halogens is 3. The summed E-state index contributed by atoms with van der Waals surface area (Å²) in [6.07, 6.45) is -1.76. The normalized spacial score (nSPS) is 28.4. The largest absolute Gasteiger partial charge is 0.430 e. The molecule has 0 radical (unpaired) electrons. The van der Waals surface area contributed by atoms with Crippen LogP contribution in [0.4, 0.5) is 13.2 Å². The number of allylic oxidation sites excluding steroid dienone is 4. The SMILES string of the molecule is CC1=C(S(=O)(=O)N2CC3(CN([C@@H](C)C4(C)CCOCC4)C3)C2)CC=C(C(F)(F)F)N1. The zero-order valence-corrected chi connectivity index (χ0v) is 18.5. The van der Waals surface area contributed by atoms with E-state index in [9.17, 15) is 21.6 Å². The lowest BCUT2D eigenvalue weighted by molar-refractivity contribution is -0.131. The van der Waals surface area contributed by atoms with E-state index in [-0.39, 0.29) is 27.9 Å². The van der Waals surface area contributed by atoms with Crippen molar-refractivity contribution in [1.29, 1.82) is 0 Å². The maximum atomic E-state index is 13.0. The molecule has 6 nitrogen and oxygen atoms in total. The number of rotatable bonds is 4. The molecule has 4 heterocycles. The number of hydrogen-bond acceptors (Lipinski definition) is 5. The Morgan fingerprint density at radius 2 is 1.77 bits per heavy atom. The number of sulfonamides is 1. The molecule has 3 saturated heterocycles. The van der Waals surface area contributed by atoms with Gasteiger partial charge in [0, 0.05) is 63.0 Å². The van der Waals surface area contributed by atoms with Crippen LogP contribution in [0.3, 0.4) is 0 Å². The van der Waals surface area contributed by atoms with Gasteiger partial charge >= 0.3 is 6.18 Å². The van der Waals surface area contributed by atoms with Crippen LogP contribution in [-0.2, 0) is 14.8 Å². The summed E-state index contributed by atoms with van der Waals surface area (Å²) in [5.74, 6) is 0. The average Bonchev–Trinajstić information content (AvgIpc) is 2.58. The first kappa shape index (κ1) is 22.1. The number of likely N-dealkylation sites (tertiary alicyclic amines) is 1. The third-order valence-corrected chi connectivity index (χ3v) is 9.51. The van der Waals surface area contributed by atoms with Crippen LogP contribution >= 0.6 is 0 Å². The summed E-state index contributed by atoms with van der Waals surface area (Å²) in [6, 6.07) is 0.413. The number of ether oxygens (including phenoxy) is 1. The Balaban J connectivity index is 1.35. The molecule has 30 heavy (non-hydrogen) atoms. The number of alkyl halides is 3. The molecule has 0 aromatic carbocycles. The minimum absolute atomic E-state index is 0.0214. The van der Waals surface area contributed by atoms with E-state index in [2.05, 4.69) is 24.1 Å². The second-order valence-corrected chi connectivity index (χ2v) is 11.6. The van der Waals surface area contributed by atoms with Gasteiger partial charge in [0.15, 0.2) is 0 Å². The van der Waals surface area contributed by atoms with Gasteiger partial charge in [0.2, 0.25) is 10.0 Å². The fourth-order valence-corrected chi connectivity index (χ4v) is 7.10. The molecule has 3 fully saturated rings. The van der Waals surface area contributed by atoms with Crippen molar-refractivity contribution in [2.45, 2.75) is 52.3 Å². The molecule has 0 bridgehead atoms. The number of dihydropyridines is 1. The lowest BCUT2D eigenvalue weighted by Crippen LogP contribution is -2.75. The van der Waals surface area contributed by atoms with Crippen molar-refractivity contribution in [2.75, 3.05) is 39.4 Å². The van der Waals surface area contributed by atoms with Crippen LogP contribution in [-0.4, -0.2) is 69.2 Å². The summed E-state index contributed by atoms with van der Waals surface area (Å²) in [6.45, 7) is 10.1. The first-order chi connectivity index (χ1) is 13.9.